The number of rotatable bonds is 4. The van der Waals surface area contributed by atoms with Crippen LogP contribution in [0.1, 0.15) is 12.5 Å². The smallest absolute Gasteiger partial charge is 0.164 e. The van der Waals surface area contributed by atoms with Crippen LogP contribution in [0, 0.1) is 0 Å². The predicted molar refractivity (Wildman–Crippen MR) is 93.5 cm³/mol. The van der Waals surface area contributed by atoms with Crippen LogP contribution in [0.15, 0.2) is 35.2 Å². The third-order valence-electron chi connectivity index (χ3n) is 3.62. The van der Waals surface area contributed by atoms with Crippen LogP contribution in [-0.4, -0.2) is 31.4 Å². The zero-order chi connectivity index (χ0) is 16.6. The number of aliphatic hydroxyl groups is 1. The third-order valence-corrected chi connectivity index (χ3v) is 4.41. The first kappa shape index (κ1) is 16.2. The molecule has 1 unspecified atom stereocenters. The van der Waals surface area contributed by atoms with Crippen molar-refractivity contribution in [3.8, 4) is 0 Å². The Morgan fingerprint density at radius 3 is 2.91 bits per heavy atom. The minimum Gasteiger partial charge on any atom is -0.384 e. The number of hydrogen-bond donors (Lipinski definition) is 2. The number of fused-ring (bicyclic) bond motifs is 1. The molecule has 120 valence electrons. The molecule has 1 aromatic carbocycles. The van der Waals surface area contributed by atoms with E-state index in [1.165, 1.54) is 6.33 Å². The summed E-state index contributed by atoms with van der Waals surface area (Å²) >= 11 is 9.41. The molecule has 0 aliphatic carbocycles. The van der Waals surface area contributed by atoms with Crippen LogP contribution in [0.5, 0.6) is 0 Å². The van der Waals surface area contributed by atoms with Crippen LogP contribution in [0.3, 0.4) is 0 Å². The van der Waals surface area contributed by atoms with Gasteiger partial charge in [0.2, 0.25) is 0 Å². The molecule has 0 spiro atoms. The topological polar surface area (TPSA) is 75.9 Å². The van der Waals surface area contributed by atoms with Gasteiger partial charge < -0.3 is 10.4 Å². The summed E-state index contributed by atoms with van der Waals surface area (Å²) in [5, 5.41) is 19.5. The summed E-state index contributed by atoms with van der Waals surface area (Å²) in [5.41, 5.74) is 0.335. The highest BCUT2D eigenvalue weighted by Gasteiger charge is 2.24. The average Bonchev–Trinajstić information content (AvgIpc) is 2.81. The molecule has 8 heteroatoms. The Morgan fingerprint density at radius 2 is 2.17 bits per heavy atom. The Labute approximate surface area is 146 Å². The van der Waals surface area contributed by atoms with Crippen LogP contribution >= 0.6 is 27.5 Å². The van der Waals surface area contributed by atoms with Gasteiger partial charge in [0.15, 0.2) is 5.65 Å². The Bertz CT molecular complexity index is 864. The largest absolute Gasteiger partial charge is 0.384 e. The van der Waals surface area contributed by atoms with Crippen LogP contribution in [0.25, 0.3) is 11.0 Å². The van der Waals surface area contributed by atoms with Crippen molar-refractivity contribution in [1.29, 1.82) is 0 Å². The fraction of sp³-hybridized carbons (Fsp3) is 0.267. The van der Waals surface area contributed by atoms with E-state index < -0.39 is 5.60 Å². The van der Waals surface area contributed by atoms with E-state index in [0.29, 0.717) is 21.1 Å². The Morgan fingerprint density at radius 1 is 1.39 bits per heavy atom. The predicted octanol–water partition coefficient (Wildman–Crippen LogP) is 3.10. The van der Waals surface area contributed by atoms with Gasteiger partial charge in [0.1, 0.15) is 22.3 Å². The molecule has 1 atom stereocenters. The van der Waals surface area contributed by atoms with Gasteiger partial charge in [-0.1, -0.05) is 23.7 Å². The molecular weight excluding hydrogens is 382 g/mol. The van der Waals surface area contributed by atoms with Crippen molar-refractivity contribution in [2.24, 2.45) is 7.05 Å². The number of benzene rings is 1. The number of hydrogen-bond acceptors (Lipinski definition) is 5. The second kappa shape index (κ2) is 6.07. The third kappa shape index (κ3) is 3.17. The lowest BCUT2D eigenvalue weighted by atomic mass is 9.96. The zero-order valence-corrected chi connectivity index (χ0v) is 14.9. The molecule has 0 amide bonds. The van der Waals surface area contributed by atoms with Crippen LogP contribution < -0.4 is 5.32 Å². The molecule has 0 saturated heterocycles. The summed E-state index contributed by atoms with van der Waals surface area (Å²) in [6.07, 6.45) is 1.47. The molecule has 2 heterocycles. The van der Waals surface area contributed by atoms with E-state index in [0.717, 1.165) is 10.9 Å². The number of halogens is 2. The molecule has 0 aliphatic rings. The quantitative estimate of drug-likeness (QED) is 0.709. The van der Waals surface area contributed by atoms with Gasteiger partial charge >= 0.3 is 0 Å². The number of nitrogens with zero attached hydrogens (tertiary/aromatic N) is 4. The van der Waals surface area contributed by atoms with Gasteiger partial charge in [0.25, 0.3) is 0 Å². The molecule has 6 nitrogen and oxygen atoms in total. The SMILES string of the molecule is Cn1nc(Br)c2c(NCC(C)(O)c3cccc(Cl)c3)ncnc21. The van der Waals surface area contributed by atoms with E-state index in [1.807, 2.05) is 19.2 Å². The van der Waals surface area contributed by atoms with E-state index >= 15 is 0 Å². The zero-order valence-electron chi connectivity index (χ0n) is 12.6. The lowest BCUT2D eigenvalue weighted by molar-refractivity contribution is 0.0715. The Balaban J connectivity index is 1.88. The molecule has 2 aromatic heterocycles. The van der Waals surface area contributed by atoms with Gasteiger partial charge in [-0.3, -0.25) is 0 Å². The maximum Gasteiger partial charge on any atom is 0.164 e. The van der Waals surface area contributed by atoms with Gasteiger partial charge in [0.05, 0.1) is 5.39 Å². The summed E-state index contributed by atoms with van der Waals surface area (Å²) in [4.78, 5) is 8.47. The molecule has 0 aliphatic heterocycles. The van der Waals surface area contributed by atoms with Crippen molar-refractivity contribution >= 4 is 44.4 Å². The molecule has 3 aromatic rings. The molecule has 2 N–H and O–H groups in total. The number of aromatic nitrogens is 4. The van der Waals surface area contributed by atoms with Crippen molar-refractivity contribution in [1.82, 2.24) is 19.7 Å². The first-order valence-corrected chi connectivity index (χ1v) is 8.11. The maximum atomic E-state index is 10.7. The maximum absolute atomic E-state index is 10.7. The standard InChI is InChI=1S/C15H15BrClN5O/c1-15(23,9-4-3-5-10(17)6-9)7-18-13-11-12(16)21-22(2)14(11)20-8-19-13/h3-6,8,23H,7H2,1-2H3,(H,18,19,20). The number of anilines is 1. The van der Waals surface area contributed by atoms with Gasteiger partial charge in [-0.2, -0.15) is 5.10 Å². The summed E-state index contributed by atoms with van der Waals surface area (Å²) in [6.45, 7) is 1.99. The van der Waals surface area contributed by atoms with E-state index in [9.17, 15) is 5.11 Å². The first-order valence-electron chi connectivity index (χ1n) is 6.94. The van der Waals surface area contributed by atoms with Gasteiger partial charge in [-0.25, -0.2) is 14.6 Å². The van der Waals surface area contributed by atoms with E-state index in [2.05, 4.69) is 36.3 Å². The van der Waals surface area contributed by atoms with Gasteiger partial charge in [0, 0.05) is 18.6 Å². The lowest BCUT2D eigenvalue weighted by Crippen LogP contribution is -2.31. The number of nitrogens with one attached hydrogen (secondary N) is 1. The molecule has 0 saturated carbocycles. The number of aryl methyl sites for hydroxylation is 1. The van der Waals surface area contributed by atoms with Crippen LogP contribution in [0.2, 0.25) is 5.02 Å². The van der Waals surface area contributed by atoms with Gasteiger partial charge in [-0.05, 0) is 40.5 Å². The molecule has 0 radical (unpaired) electrons. The molecule has 23 heavy (non-hydrogen) atoms. The monoisotopic (exact) mass is 395 g/mol. The highest BCUT2D eigenvalue weighted by Crippen LogP contribution is 2.29. The van der Waals surface area contributed by atoms with E-state index in [1.54, 1.807) is 23.7 Å². The summed E-state index contributed by atoms with van der Waals surface area (Å²) in [7, 11) is 1.81. The highest BCUT2D eigenvalue weighted by atomic mass is 79.9. The van der Waals surface area contributed by atoms with Crippen molar-refractivity contribution in [3.05, 3.63) is 45.8 Å². The van der Waals surface area contributed by atoms with E-state index in [4.69, 9.17) is 11.6 Å². The lowest BCUT2D eigenvalue weighted by Gasteiger charge is -2.24. The second-order valence-corrected chi connectivity index (χ2v) is 6.66. The second-order valence-electron chi connectivity index (χ2n) is 5.47. The van der Waals surface area contributed by atoms with Crippen LogP contribution in [0.4, 0.5) is 5.82 Å². The Hall–Kier alpha value is -1.70. The van der Waals surface area contributed by atoms with Crippen LogP contribution in [-0.2, 0) is 12.6 Å². The molecular formula is C15H15BrClN5O. The molecule has 0 fully saturated rings. The first-order chi connectivity index (χ1) is 10.9. The highest BCUT2D eigenvalue weighted by molar-refractivity contribution is 9.10. The fourth-order valence-electron chi connectivity index (χ4n) is 2.36. The van der Waals surface area contributed by atoms with Crippen molar-refractivity contribution in [2.45, 2.75) is 12.5 Å². The normalized spacial score (nSPS) is 14.0. The van der Waals surface area contributed by atoms with Crippen molar-refractivity contribution in [2.75, 3.05) is 11.9 Å². The molecule has 0 bridgehead atoms. The van der Waals surface area contributed by atoms with E-state index in [-0.39, 0.29) is 6.54 Å². The minimum atomic E-state index is -1.10. The average molecular weight is 397 g/mol. The molecule has 3 rings (SSSR count). The Kier molecular flexibility index (Phi) is 4.27. The van der Waals surface area contributed by atoms with Gasteiger partial charge in [-0.15, -0.1) is 0 Å². The fourth-order valence-corrected chi connectivity index (χ4v) is 3.15. The summed E-state index contributed by atoms with van der Waals surface area (Å²) in [5.74, 6) is 0.609. The minimum absolute atomic E-state index is 0.265. The van der Waals surface area contributed by atoms with Crippen molar-refractivity contribution in [3.63, 3.8) is 0 Å². The summed E-state index contributed by atoms with van der Waals surface area (Å²) < 4.78 is 2.32. The van der Waals surface area contributed by atoms with Crippen molar-refractivity contribution < 1.29 is 5.11 Å². The summed E-state index contributed by atoms with van der Waals surface area (Å²) in [6, 6.07) is 7.17.